The number of hydrogen-bond acceptors (Lipinski definition) is 4. The quantitative estimate of drug-likeness (QED) is 0.795. The van der Waals surface area contributed by atoms with E-state index in [1.54, 1.807) is 4.57 Å². The Balaban J connectivity index is 2.22. The Labute approximate surface area is 138 Å². The van der Waals surface area contributed by atoms with Crippen LogP contribution in [0.1, 0.15) is 31.3 Å². The molecule has 7 heteroatoms. The van der Waals surface area contributed by atoms with Crippen molar-refractivity contribution in [1.82, 2.24) is 19.2 Å². The molecule has 0 aliphatic rings. The molecule has 2 N–H and O–H groups in total. The maximum Gasteiger partial charge on any atom is 0.352 e. The number of nitrogens with zero attached hydrogens (tertiary/aromatic N) is 4. The predicted molar refractivity (Wildman–Crippen MR) is 89.6 cm³/mol. The van der Waals surface area contributed by atoms with E-state index in [4.69, 9.17) is 17.3 Å². The van der Waals surface area contributed by atoms with Crippen LogP contribution in [-0.4, -0.2) is 19.2 Å². The van der Waals surface area contributed by atoms with Crippen molar-refractivity contribution in [1.29, 1.82) is 0 Å². The van der Waals surface area contributed by atoms with Crippen LogP contribution in [0.25, 0.3) is 5.65 Å². The molecule has 3 rings (SSSR count). The molecule has 2 aromatic heterocycles. The lowest BCUT2D eigenvalue weighted by Crippen LogP contribution is -2.35. The monoisotopic (exact) mass is 331 g/mol. The normalized spacial score (nSPS) is 12.9. The lowest BCUT2D eigenvalue weighted by atomic mass is 10.0. The fourth-order valence-corrected chi connectivity index (χ4v) is 2.58. The molecule has 0 bridgehead atoms. The van der Waals surface area contributed by atoms with Gasteiger partial charge in [0.1, 0.15) is 10.8 Å². The van der Waals surface area contributed by atoms with Gasteiger partial charge in [-0.25, -0.2) is 9.78 Å². The molecule has 1 unspecified atom stereocenters. The molecule has 0 spiro atoms. The molecule has 0 aliphatic carbocycles. The molecule has 0 saturated carbocycles. The number of halogens is 1. The van der Waals surface area contributed by atoms with Crippen molar-refractivity contribution in [3.8, 4) is 0 Å². The van der Waals surface area contributed by atoms with Crippen LogP contribution >= 0.6 is 11.6 Å². The summed E-state index contributed by atoms with van der Waals surface area (Å²) in [5, 5.41) is 4.35. The topological polar surface area (TPSA) is 78.2 Å². The highest BCUT2D eigenvalue weighted by molar-refractivity contribution is 6.33. The van der Waals surface area contributed by atoms with Crippen molar-refractivity contribution in [3.05, 3.63) is 63.4 Å². The minimum Gasteiger partial charge on any atom is -0.321 e. The van der Waals surface area contributed by atoms with Gasteiger partial charge in [-0.15, -0.1) is 0 Å². The molecule has 0 amide bonds. The standard InChI is InChI=1S/C16H18ClN5O/c1-10(2)13(18)15-20-14-12(17)8-19-22(14)16(23)21(15)9-11-6-4-3-5-7-11/h3-8,10,13H,9,18H2,1-2H3. The Morgan fingerprint density at radius 2 is 1.96 bits per heavy atom. The molecule has 0 saturated heterocycles. The molecule has 120 valence electrons. The third kappa shape index (κ3) is 2.87. The summed E-state index contributed by atoms with van der Waals surface area (Å²) in [7, 11) is 0. The number of fused-ring (bicyclic) bond motifs is 1. The molecule has 2 heterocycles. The van der Waals surface area contributed by atoms with Crippen molar-refractivity contribution < 1.29 is 0 Å². The summed E-state index contributed by atoms with van der Waals surface area (Å²) in [6, 6.07) is 9.33. The second-order valence-electron chi connectivity index (χ2n) is 5.82. The number of nitrogens with two attached hydrogens (primary N) is 1. The molecule has 1 aromatic carbocycles. The summed E-state index contributed by atoms with van der Waals surface area (Å²) in [5.74, 6) is 0.650. The summed E-state index contributed by atoms with van der Waals surface area (Å²) in [5.41, 5.74) is 7.31. The first-order valence-electron chi connectivity index (χ1n) is 7.42. The summed E-state index contributed by atoms with van der Waals surface area (Å²) in [6.07, 6.45) is 1.42. The SMILES string of the molecule is CC(C)C(N)c1nc2c(Cl)cnn2c(=O)n1Cc1ccccc1. The predicted octanol–water partition coefficient (Wildman–Crippen LogP) is 2.25. The smallest absolute Gasteiger partial charge is 0.321 e. The average molecular weight is 332 g/mol. The van der Waals surface area contributed by atoms with Crippen molar-refractivity contribution in [2.24, 2.45) is 11.7 Å². The van der Waals surface area contributed by atoms with Gasteiger partial charge in [-0.05, 0) is 11.5 Å². The Morgan fingerprint density at radius 3 is 2.61 bits per heavy atom. The number of rotatable bonds is 4. The number of hydrogen-bond donors (Lipinski definition) is 1. The summed E-state index contributed by atoms with van der Waals surface area (Å²) in [6.45, 7) is 4.37. The lowest BCUT2D eigenvalue weighted by molar-refractivity contribution is 0.454. The van der Waals surface area contributed by atoms with E-state index in [0.717, 1.165) is 5.56 Å². The second kappa shape index (κ2) is 6.14. The van der Waals surface area contributed by atoms with Crippen LogP contribution in [0.2, 0.25) is 5.02 Å². The van der Waals surface area contributed by atoms with E-state index < -0.39 is 0 Å². The zero-order chi connectivity index (χ0) is 16.6. The summed E-state index contributed by atoms with van der Waals surface area (Å²) < 4.78 is 2.78. The van der Waals surface area contributed by atoms with Gasteiger partial charge in [-0.3, -0.25) is 4.57 Å². The Bertz CT molecular complexity index is 885. The molecule has 3 aromatic rings. The Kier molecular flexibility index (Phi) is 4.19. The number of benzene rings is 1. The van der Waals surface area contributed by atoms with E-state index in [0.29, 0.717) is 23.0 Å². The molecule has 0 aliphatic heterocycles. The van der Waals surface area contributed by atoms with Crippen LogP contribution in [0.15, 0.2) is 41.3 Å². The van der Waals surface area contributed by atoms with E-state index >= 15 is 0 Å². The Hall–Kier alpha value is -2.18. The highest BCUT2D eigenvalue weighted by Crippen LogP contribution is 2.20. The largest absolute Gasteiger partial charge is 0.352 e. The first-order chi connectivity index (χ1) is 11.0. The molecule has 0 fully saturated rings. The third-order valence-electron chi connectivity index (χ3n) is 3.81. The molecule has 23 heavy (non-hydrogen) atoms. The van der Waals surface area contributed by atoms with Gasteiger partial charge in [0.15, 0.2) is 5.65 Å². The van der Waals surface area contributed by atoms with Crippen molar-refractivity contribution in [3.63, 3.8) is 0 Å². The van der Waals surface area contributed by atoms with Crippen molar-refractivity contribution in [2.75, 3.05) is 0 Å². The van der Waals surface area contributed by atoms with Gasteiger partial charge in [-0.1, -0.05) is 55.8 Å². The van der Waals surface area contributed by atoms with E-state index in [1.807, 2.05) is 44.2 Å². The van der Waals surface area contributed by atoms with E-state index in [-0.39, 0.29) is 17.6 Å². The van der Waals surface area contributed by atoms with Crippen molar-refractivity contribution >= 4 is 17.2 Å². The van der Waals surface area contributed by atoms with Gasteiger partial charge in [0, 0.05) is 0 Å². The number of aromatic nitrogens is 4. The molecular weight excluding hydrogens is 314 g/mol. The zero-order valence-electron chi connectivity index (χ0n) is 13.0. The molecule has 1 atom stereocenters. The van der Waals surface area contributed by atoms with Gasteiger partial charge in [0.2, 0.25) is 0 Å². The zero-order valence-corrected chi connectivity index (χ0v) is 13.7. The van der Waals surface area contributed by atoms with Gasteiger partial charge in [0.05, 0.1) is 18.8 Å². The van der Waals surface area contributed by atoms with E-state index in [2.05, 4.69) is 10.1 Å². The fraction of sp³-hybridized carbons (Fsp3) is 0.312. The first-order valence-corrected chi connectivity index (χ1v) is 7.80. The fourth-order valence-electron chi connectivity index (χ4n) is 2.41. The van der Waals surface area contributed by atoms with Gasteiger partial charge in [-0.2, -0.15) is 9.61 Å². The van der Waals surface area contributed by atoms with Crippen LogP contribution in [-0.2, 0) is 6.54 Å². The van der Waals surface area contributed by atoms with Crippen LogP contribution in [0, 0.1) is 5.92 Å². The van der Waals surface area contributed by atoms with E-state index in [9.17, 15) is 4.79 Å². The third-order valence-corrected chi connectivity index (χ3v) is 4.08. The average Bonchev–Trinajstić information content (AvgIpc) is 2.91. The highest BCUT2D eigenvalue weighted by atomic mass is 35.5. The highest BCUT2D eigenvalue weighted by Gasteiger charge is 2.21. The summed E-state index contributed by atoms with van der Waals surface area (Å²) >= 11 is 6.08. The van der Waals surface area contributed by atoms with Gasteiger partial charge >= 0.3 is 5.69 Å². The maximum absolute atomic E-state index is 12.8. The van der Waals surface area contributed by atoms with Gasteiger partial charge in [0.25, 0.3) is 0 Å². The first kappa shape index (κ1) is 15.7. The Morgan fingerprint density at radius 1 is 1.26 bits per heavy atom. The van der Waals surface area contributed by atoms with Crippen LogP contribution in [0.4, 0.5) is 0 Å². The molecule has 0 radical (unpaired) electrons. The summed E-state index contributed by atoms with van der Waals surface area (Å²) in [4.78, 5) is 17.3. The van der Waals surface area contributed by atoms with Crippen molar-refractivity contribution in [2.45, 2.75) is 26.4 Å². The maximum atomic E-state index is 12.8. The molecular formula is C16H18ClN5O. The van der Waals surface area contributed by atoms with E-state index in [1.165, 1.54) is 10.7 Å². The van der Waals surface area contributed by atoms with Crippen LogP contribution < -0.4 is 11.4 Å². The van der Waals surface area contributed by atoms with Crippen LogP contribution in [0.3, 0.4) is 0 Å². The minimum atomic E-state index is -0.373. The van der Waals surface area contributed by atoms with Crippen LogP contribution in [0.5, 0.6) is 0 Å². The molecule has 6 nitrogen and oxygen atoms in total. The minimum absolute atomic E-state index is 0.132. The second-order valence-corrected chi connectivity index (χ2v) is 6.23. The van der Waals surface area contributed by atoms with Gasteiger partial charge < -0.3 is 5.73 Å². The lowest BCUT2D eigenvalue weighted by Gasteiger charge is -2.20.